The van der Waals surface area contributed by atoms with Crippen LogP contribution in [-0.4, -0.2) is 12.6 Å². The molecular weight excluding hydrogens is 406 g/mol. The van der Waals surface area contributed by atoms with Gasteiger partial charge in [-0.15, -0.1) is 0 Å². The maximum absolute atomic E-state index is 11.6. The summed E-state index contributed by atoms with van der Waals surface area (Å²) in [5, 5.41) is 0. The summed E-state index contributed by atoms with van der Waals surface area (Å²) < 4.78 is 5.22. The molecule has 0 bridgehead atoms. The van der Waals surface area contributed by atoms with Crippen LogP contribution in [0.2, 0.25) is 0 Å². The smallest absolute Gasteiger partial charge is 0.333 e. The fraction of sp³-hybridized carbons (Fsp3) is 0.100. The summed E-state index contributed by atoms with van der Waals surface area (Å²) in [5.41, 5.74) is 7.16. The number of para-hydroxylation sites is 1. The van der Waals surface area contributed by atoms with Gasteiger partial charge in [-0.05, 0) is 60.0 Å². The van der Waals surface area contributed by atoms with Gasteiger partial charge in [-0.2, -0.15) is 0 Å². The fourth-order valence-corrected chi connectivity index (χ4v) is 3.65. The molecule has 0 aliphatic carbocycles. The second kappa shape index (κ2) is 10.5. The first-order valence-corrected chi connectivity index (χ1v) is 11.0. The average molecular weight is 434 g/mol. The molecule has 33 heavy (non-hydrogen) atoms. The van der Waals surface area contributed by atoms with E-state index in [1.165, 1.54) is 11.1 Å². The van der Waals surface area contributed by atoms with E-state index < -0.39 is 0 Å². The van der Waals surface area contributed by atoms with Crippen molar-refractivity contribution in [3.8, 4) is 11.1 Å². The van der Waals surface area contributed by atoms with Crippen molar-refractivity contribution >= 4 is 23.0 Å². The molecule has 0 unspecified atom stereocenters. The molecule has 0 aromatic heterocycles. The Kier molecular flexibility index (Phi) is 7.01. The van der Waals surface area contributed by atoms with E-state index in [1.807, 2.05) is 24.3 Å². The molecule has 0 atom stereocenters. The van der Waals surface area contributed by atoms with Gasteiger partial charge in [0.2, 0.25) is 0 Å². The predicted molar refractivity (Wildman–Crippen MR) is 136 cm³/mol. The number of nitrogens with zero attached hydrogens (tertiary/aromatic N) is 1. The van der Waals surface area contributed by atoms with Crippen LogP contribution in [0.25, 0.3) is 11.1 Å². The van der Waals surface area contributed by atoms with Gasteiger partial charge >= 0.3 is 5.97 Å². The van der Waals surface area contributed by atoms with Crippen LogP contribution >= 0.6 is 0 Å². The second-order valence-electron chi connectivity index (χ2n) is 7.92. The lowest BCUT2D eigenvalue weighted by Gasteiger charge is -2.26. The molecule has 0 aliphatic rings. The molecule has 164 valence electrons. The Balaban J connectivity index is 1.57. The van der Waals surface area contributed by atoms with Gasteiger partial charge in [0.05, 0.1) is 6.61 Å². The first-order valence-electron chi connectivity index (χ1n) is 11.0. The van der Waals surface area contributed by atoms with E-state index in [0.29, 0.717) is 18.6 Å². The number of carbonyl (C=O) groups is 1. The van der Waals surface area contributed by atoms with E-state index in [9.17, 15) is 4.79 Å². The van der Waals surface area contributed by atoms with Gasteiger partial charge in [-0.25, -0.2) is 4.79 Å². The van der Waals surface area contributed by atoms with Gasteiger partial charge < -0.3 is 9.64 Å². The van der Waals surface area contributed by atoms with Crippen LogP contribution in [0.3, 0.4) is 0 Å². The Morgan fingerprint density at radius 3 is 1.76 bits per heavy atom. The summed E-state index contributed by atoms with van der Waals surface area (Å²) in [6.07, 6.45) is 0.663. The largest absolute Gasteiger partial charge is 0.462 e. The fourth-order valence-electron chi connectivity index (χ4n) is 3.65. The number of hydrogen-bond acceptors (Lipinski definition) is 3. The number of ether oxygens (including phenoxy) is 1. The Hall–Kier alpha value is -4.11. The average Bonchev–Trinajstić information content (AvgIpc) is 2.87. The highest BCUT2D eigenvalue weighted by atomic mass is 16.5. The number of esters is 1. The van der Waals surface area contributed by atoms with Crippen LogP contribution in [0.1, 0.15) is 12.5 Å². The Bertz CT molecular complexity index is 1200. The van der Waals surface area contributed by atoms with Gasteiger partial charge in [-0.3, -0.25) is 0 Å². The first kappa shape index (κ1) is 22.1. The molecule has 3 nitrogen and oxygen atoms in total. The zero-order valence-electron chi connectivity index (χ0n) is 18.8. The third-order valence-electron chi connectivity index (χ3n) is 5.41. The van der Waals surface area contributed by atoms with Crippen molar-refractivity contribution < 1.29 is 9.53 Å². The van der Waals surface area contributed by atoms with Gasteiger partial charge in [0.1, 0.15) is 0 Å². The second-order valence-corrected chi connectivity index (χ2v) is 7.92. The van der Waals surface area contributed by atoms with Crippen molar-refractivity contribution in [2.24, 2.45) is 0 Å². The van der Waals surface area contributed by atoms with Crippen molar-refractivity contribution in [1.82, 2.24) is 0 Å². The monoisotopic (exact) mass is 433 g/mol. The summed E-state index contributed by atoms with van der Waals surface area (Å²) in [7, 11) is 0. The minimum absolute atomic E-state index is 0.342. The van der Waals surface area contributed by atoms with Gasteiger partial charge in [0.15, 0.2) is 0 Å². The summed E-state index contributed by atoms with van der Waals surface area (Å²) in [6.45, 7) is 5.61. The lowest BCUT2D eigenvalue weighted by molar-refractivity contribution is -0.138. The maximum atomic E-state index is 11.6. The molecule has 0 N–H and O–H groups in total. The molecule has 0 aliphatic heterocycles. The summed E-state index contributed by atoms with van der Waals surface area (Å²) >= 11 is 0. The molecule has 0 saturated heterocycles. The van der Waals surface area contributed by atoms with E-state index >= 15 is 0 Å². The number of rotatable bonds is 8. The highest BCUT2D eigenvalue weighted by molar-refractivity contribution is 5.86. The van der Waals surface area contributed by atoms with Crippen LogP contribution in [0.4, 0.5) is 17.1 Å². The zero-order valence-corrected chi connectivity index (χ0v) is 18.8. The van der Waals surface area contributed by atoms with Gasteiger partial charge in [-0.1, -0.05) is 79.4 Å². The molecule has 4 aromatic rings. The Labute approximate surface area is 195 Å². The topological polar surface area (TPSA) is 29.5 Å². The van der Waals surface area contributed by atoms with E-state index in [2.05, 4.69) is 96.4 Å². The van der Waals surface area contributed by atoms with E-state index in [-0.39, 0.29) is 5.97 Å². The molecule has 0 heterocycles. The highest BCUT2D eigenvalue weighted by Crippen LogP contribution is 2.35. The van der Waals surface area contributed by atoms with E-state index in [4.69, 9.17) is 4.74 Å². The summed E-state index contributed by atoms with van der Waals surface area (Å²) in [6, 6.07) is 37.7. The summed E-state index contributed by atoms with van der Waals surface area (Å²) in [4.78, 5) is 13.8. The van der Waals surface area contributed by atoms with Crippen LogP contribution in [0.5, 0.6) is 0 Å². The number of anilines is 3. The molecule has 0 saturated carbocycles. The molecule has 4 rings (SSSR count). The van der Waals surface area contributed by atoms with Crippen LogP contribution in [-0.2, 0) is 16.0 Å². The summed E-state index contributed by atoms with van der Waals surface area (Å²) in [5.74, 6) is -0.346. The molecular formula is C30H27NO2. The van der Waals surface area contributed by atoms with Crippen molar-refractivity contribution in [3.05, 3.63) is 127 Å². The minimum Gasteiger partial charge on any atom is -0.462 e. The quantitative estimate of drug-likeness (QED) is 0.213. The molecule has 0 fully saturated rings. The number of hydrogen-bond donors (Lipinski definition) is 0. The van der Waals surface area contributed by atoms with Gasteiger partial charge in [0, 0.05) is 29.1 Å². The number of carbonyl (C=O) groups excluding carboxylic acids is 1. The Morgan fingerprint density at radius 1 is 0.697 bits per heavy atom. The van der Waals surface area contributed by atoms with Gasteiger partial charge in [0.25, 0.3) is 0 Å². The van der Waals surface area contributed by atoms with Crippen molar-refractivity contribution in [1.29, 1.82) is 0 Å². The van der Waals surface area contributed by atoms with E-state index in [0.717, 1.165) is 22.6 Å². The Morgan fingerprint density at radius 2 is 1.18 bits per heavy atom. The van der Waals surface area contributed by atoms with Crippen molar-refractivity contribution in [3.63, 3.8) is 0 Å². The van der Waals surface area contributed by atoms with Crippen LogP contribution in [0, 0.1) is 0 Å². The lowest BCUT2D eigenvalue weighted by Crippen LogP contribution is -2.10. The molecule has 4 aromatic carbocycles. The maximum Gasteiger partial charge on any atom is 0.333 e. The number of benzene rings is 4. The third-order valence-corrected chi connectivity index (χ3v) is 5.41. The zero-order chi connectivity index (χ0) is 23.0. The minimum atomic E-state index is -0.346. The predicted octanol–water partition coefficient (Wildman–Crippen LogP) is 7.49. The SMILES string of the molecule is C=C(C)C(=O)OCCc1ccc(N(c2ccccc2)c2ccc(-c3ccccc3)cc2)cc1. The molecule has 0 radical (unpaired) electrons. The van der Waals surface area contributed by atoms with Crippen LogP contribution in [0.15, 0.2) is 121 Å². The standard InChI is InChI=1S/C30H27NO2/c1-23(2)30(32)33-22-21-24-13-17-28(18-14-24)31(27-11-7-4-8-12-27)29-19-15-26(16-20-29)25-9-5-3-6-10-25/h3-20H,1,21-22H2,2H3. The third kappa shape index (κ3) is 5.58. The highest BCUT2D eigenvalue weighted by Gasteiger charge is 2.12. The lowest BCUT2D eigenvalue weighted by atomic mass is 10.0. The van der Waals surface area contributed by atoms with Crippen molar-refractivity contribution in [2.45, 2.75) is 13.3 Å². The van der Waals surface area contributed by atoms with Crippen LogP contribution < -0.4 is 4.90 Å². The molecule has 0 spiro atoms. The van der Waals surface area contributed by atoms with Crippen molar-refractivity contribution in [2.75, 3.05) is 11.5 Å². The van der Waals surface area contributed by atoms with E-state index in [1.54, 1.807) is 6.92 Å². The normalized spacial score (nSPS) is 10.5. The molecule has 0 amide bonds. The first-order chi connectivity index (χ1) is 16.1. The molecule has 3 heteroatoms.